The van der Waals surface area contributed by atoms with Gasteiger partial charge in [-0.3, -0.25) is 4.79 Å². The van der Waals surface area contributed by atoms with E-state index in [1.807, 2.05) is 13.8 Å². The van der Waals surface area contributed by atoms with Gasteiger partial charge in [0, 0.05) is 5.54 Å². The zero-order valence-corrected chi connectivity index (χ0v) is 12.4. The van der Waals surface area contributed by atoms with Crippen LogP contribution in [0.25, 0.3) is 0 Å². The third kappa shape index (κ3) is 5.26. The molecule has 4 N–H and O–H groups in total. The Bertz CT molecular complexity index is 449. The number of aromatic nitrogens is 1. The first kappa shape index (κ1) is 15.4. The molecule has 0 unspecified atom stereocenters. The second-order valence-electron chi connectivity index (χ2n) is 6.63. The second kappa shape index (κ2) is 5.57. The average Bonchev–Trinajstić information content (AvgIpc) is 2.25. The van der Waals surface area contributed by atoms with E-state index in [1.54, 1.807) is 18.2 Å². The summed E-state index contributed by atoms with van der Waals surface area (Å²) in [6.07, 6.45) is 0.876. The fourth-order valence-corrected chi connectivity index (χ4v) is 2.38. The molecular weight excluding hydrogens is 240 g/mol. The molecule has 19 heavy (non-hydrogen) atoms. The number of carbonyl (C=O) groups is 1. The van der Waals surface area contributed by atoms with Gasteiger partial charge in [0.05, 0.1) is 0 Å². The number of carbonyl (C=O) groups excluding carboxylic acids is 1. The molecular formula is C14H24N4O. The molecule has 0 spiro atoms. The van der Waals surface area contributed by atoms with Crippen LogP contribution in [-0.4, -0.2) is 16.4 Å². The number of nitrogen functional groups attached to an aromatic ring is 1. The van der Waals surface area contributed by atoms with Crippen LogP contribution in [0.2, 0.25) is 0 Å². The fraction of sp³-hybridized carbons (Fsp3) is 0.571. The molecule has 0 fully saturated rings. The van der Waals surface area contributed by atoms with E-state index in [4.69, 9.17) is 5.84 Å². The smallest absolute Gasteiger partial charge is 0.270 e. The molecule has 5 nitrogen and oxygen atoms in total. The van der Waals surface area contributed by atoms with Crippen LogP contribution >= 0.6 is 0 Å². The van der Waals surface area contributed by atoms with Crippen LogP contribution in [0.15, 0.2) is 18.2 Å². The van der Waals surface area contributed by atoms with Crippen LogP contribution in [0.1, 0.15) is 51.5 Å². The van der Waals surface area contributed by atoms with Crippen molar-refractivity contribution in [1.29, 1.82) is 0 Å². The molecule has 0 atom stereocenters. The lowest BCUT2D eigenvalue weighted by atomic mass is 9.82. The Morgan fingerprint density at radius 2 is 1.89 bits per heavy atom. The Balaban J connectivity index is 2.78. The van der Waals surface area contributed by atoms with Gasteiger partial charge in [0.2, 0.25) is 0 Å². The highest BCUT2D eigenvalue weighted by Crippen LogP contribution is 2.26. The van der Waals surface area contributed by atoms with Gasteiger partial charge in [-0.15, -0.1) is 0 Å². The van der Waals surface area contributed by atoms with Crippen LogP contribution in [0.5, 0.6) is 0 Å². The van der Waals surface area contributed by atoms with Crippen molar-refractivity contribution in [3.05, 3.63) is 23.9 Å². The normalized spacial score (nSPS) is 12.1. The summed E-state index contributed by atoms with van der Waals surface area (Å²) in [5.41, 5.74) is 2.65. The third-order valence-electron chi connectivity index (χ3n) is 2.55. The van der Waals surface area contributed by atoms with E-state index in [0.29, 0.717) is 11.5 Å². The lowest BCUT2D eigenvalue weighted by molar-refractivity contribution is 0.0886. The van der Waals surface area contributed by atoms with Gasteiger partial charge in [-0.2, -0.15) is 0 Å². The number of rotatable bonds is 4. The molecule has 0 saturated heterocycles. The number of hydrazine groups is 1. The van der Waals surface area contributed by atoms with Gasteiger partial charge in [0.1, 0.15) is 11.5 Å². The predicted octanol–water partition coefficient (Wildman–Crippen LogP) is 2.31. The van der Waals surface area contributed by atoms with Crippen LogP contribution < -0.4 is 16.6 Å². The SMILES string of the molecule is CC(C)(C)CC(C)(C)NC(=O)c1cccc(NN)n1. The van der Waals surface area contributed by atoms with Gasteiger partial charge in [-0.25, -0.2) is 10.8 Å². The van der Waals surface area contributed by atoms with Crippen LogP contribution in [0, 0.1) is 5.41 Å². The Hall–Kier alpha value is -1.62. The van der Waals surface area contributed by atoms with Crippen molar-refractivity contribution in [3.8, 4) is 0 Å². The summed E-state index contributed by atoms with van der Waals surface area (Å²) >= 11 is 0. The van der Waals surface area contributed by atoms with Crippen LogP contribution in [0.3, 0.4) is 0 Å². The number of anilines is 1. The van der Waals surface area contributed by atoms with Crippen molar-refractivity contribution >= 4 is 11.7 Å². The van der Waals surface area contributed by atoms with E-state index < -0.39 is 0 Å². The Kier molecular flexibility index (Phi) is 4.52. The van der Waals surface area contributed by atoms with E-state index >= 15 is 0 Å². The van der Waals surface area contributed by atoms with E-state index in [-0.39, 0.29) is 16.9 Å². The average molecular weight is 264 g/mol. The summed E-state index contributed by atoms with van der Waals surface area (Å²) in [6, 6.07) is 5.12. The van der Waals surface area contributed by atoms with Crippen molar-refractivity contribution < 1.29 is 4.79 Å². The Morgan fingerprint density at radius 3 is 2.42 bits per heavy atom. The van der Waals surface area contributed by atoms with Crippen molar-refractivity contribution in [1.82, 2.24) is 10.3 Å². The molecule has 0 bridgehead atoms. The standard InChI is InChI=1S/C14H24N4O/c1-13(2,3)9-14(4,5)17-12(19)10-7-6-8-11(16-10)18-15/h6-8H,9,15H2,1-5H3,(H,16,18)(H,17,19). The maximum atomic E-state index is 12.2. The summed E-state index contributed by atoms with van der Waals surface area (Å²) in [4.78, 5) is 16.3. The molecule has 0 aliphatic heterocycles. The largest absolute Gasteiger partial charge is 0.346 e. The molecule has 1 heterocycles. The molecule has 0 saturated carbocycles. The second-order valence-corrected chi connectivity index (χ2v) is 6.63. The highest BCUT2D eigenvalue weighted by molar-refractivity contribution is 5.93. The minimum Gasteiger partial charge on any atom is -0.346 e. The number of pyridine rings is 1. The molecule has 1 amide bonds. The van der Waals surface area contributed by atoms with E-state index in [1.165, 1.54) is 0 Å². The van der Waals surface area contributed by atoms with Gasteiger partial charge in [0.15, 0.2) is 0 Å². The van der Waals surface area contributed by atoms with Crippen LogP contribution in [0.4, 0.5) is 5.82 Å². The lowest BCUT2D eigenvalue weighted by Gasteiger charge is -2.33. The molecule has 0 aliphatic rings. The highest BCUT2D eigenvalue weighted by atomic mass is 16.2. The molecule has 1 aromatic rings. The van der Waals surface area contributed by atoms with E-state index in [2.05, 4.69) is 36.5 Å². The van der Waals surface area contributed by atoms with Gasteiger partial charge in [-0.1, -0.05) is 26.8 Å². The molecule has 0 aromatic carbocycles. The van der Waals surface area contributed by atoms with Crippen molar-refractivity contribution in [2.75, 3.05) is 5.43 Å². The molecule has 0 radical (unpaired) electrons. The van der Waals surface area contributed by atoms with E-state index in [0.717, 1.165) is 6.42 Å². The molecule has 0 aliphatic carbocycles. The summed E-state index contributed by atoms with van der Waals surface area (Å²) < 4.78 is 0. The van der Waals surface area contributed by atoms with Gasteiger partial charge < -0.3 is 10.7 Å². The Labute approximate surface area is 115 Å². The first-order valence-electron chi connectivity index (χ1n) is 6.39. The zero-order chi connectivity index (χ0) is 14.7. The quantitative estimate of drug-likeness (QED) is 0.576. The van der Waals surface area contributed by atoms with Gasteiger partial charge >= 0.3 is 0 Å². The minimum absolute atomic E-state index is 0.144. The Morgan fingerprint density at radius 1 is 1.26 bits per heavy atom. The number of hydrogen-bond acceptors (Lipinski definition) is 4. The van der Waals surface area contributed by atoms with Crippen molar-refractivity contribution in [2.45, 2.75) is 46.6 Å². The van der Waals surface area contributed by atoms with Crippen molar-refractivity contribution in [2.24, 2.45) is 11.3 Å². The first-order chi connectivity index (χ1) is 8.63. The maximum absolute atomic E-state index is 12.2. The minimum atomic E-state index is -0.289. The molecule has 106 valence electrons. The predicted molar refractivity (Wildman–Crippen MR) is 77.7 cm³/mol. The van der Waals surface area contributed by atoms with Gasteiger partial charge in [-0.05, 0) is 37.8 Å². The number of nitrogens with zero attached hydrogens (tertiary/aromatic N) is 1. The molecule has 1 rings (SSSR count). The zero-order valence-electron chi connectivity index (χ0n) is 12.4. The number of nitrogens with one attached hydrogen (secondary N) is 2. The lowest BCUT2D eigenvalue weighted by Crippen LogP contribution is -2.46. The highest BCUT2D eigenvalue weighted by Gasteiger charge is 2.27. The fourth-order valence-electron chi connectivity index (χ4n) is 2.38. The topological polar surface area (TPSA) is 80.0 Å². The molecule has 1 aromatic heterocycles. The van der Waals surface area contributed by atoms with Gasteiger partial charge in [0.25, 0.3) is 5.91 Å². The monoisotopic (exact) mass is 264 g/mol. The van der Waals surface area contributed by atoms with E-state index in [9.17, 15) is 4.79 Å². The maximum Gasteiger partial charge on any atom is 0.270 e. The van der Waals surface area contributed by atoms with Crippen molar-refractivity contribution in [3.63, 3.8) is 0 Å². The number of nitrogens with two attached hydrogens (primary N) is 1. The summed E-state index contributed by atoms with van der Waals surface area (Å²) in [5.74, 6) is 5.57. The third-order valence-corrected chi connectivity index (χ3v) is 2.55. The number of amides is 1. The summed E-state index contributed by atoms with van der Waals surface area (Å²) in [6.45, 7) is 10.5. The summed E-state index contributed by atoms with van der Waals surface area (Å²) in [5, 5.41) is 3.01. The first-order valence-corrected chi connectivity index (χ1v) is 6.39. The number of hydrogen-bond donors (Lipinski definition) is 3. The van der Waals surface area contributed by atoms with Crippen LogP contribution in [-0.2, 0) is 0 Å². The molecule has 5 heteroatoms. The summed E-state index contributed by atoms with van der Waals surface area (Å²) in [7, 11) is 0.